The first kappa shape index (κ1) is 19.8. The summed E-state index contributed by atoms with van der Waals surface area (Å²) in [5.41, 5.74) is 5.78. The van der Waals surface area contributed by atoms with Crippen LogP contribution < -0.4 is 5.32 Å². The van der Waals surface area contributed by atoms with Crippen LogP contribution in [0.2, 0.25) is 0 Å². The molecule has 31 heavy (non-hydrogen) atoms. The van der Waals surface area contributed by atoms with Crippen molar-refractivity contribution >= 4 is 18.1 Å². The van der Waals surface area contributed by atoms with Crippen LogP contribution in [0.25, 0.3) is 12.2 Å². The van der Waals surface area contributed by atoms with Gasteiger partial charge in [-0.3, -0.25) is 4.79 Å². The van der Waals surface area contributed by atoms with Crippen LogP contribution in [0, 0.1) is 0 Å². The van der Waals surface area contributed by atoms with Crippen LogP contribution in [-0.2, 0) is 11.2 Å². The molecule has 1 fully saturated rings. The van der Waals surface area contributed by atoms with E-state index in [1.54, 1.807) is 0 Å². The molecule has 3 aromatic rings. The van der Waals surface area contributed by atoms with Gasteiger partial charge in [0.2, 0.25) is 5.91 Å². The number of benzene rings is 3. The van der Waals surface area contributed by atoms with E-state index in [9.17, 15) is 4.79 Å². The van der Waals surface area contributed by atoms with Crippen LogP contribution in [0.5, 0.6) is 0 Å². The molecule has 0 saturated carbocycles. The summed E-state index contributed by atoms with van der Waals surface area (Å²) in [5.74, 6) is -0.167. The van der Waals surface area contributed by atoms with Crippen LogP contribution in [0.15, 0.2) is 78.9 Å². The van der Waals surface area contributed by atoms with Crippen molar-refractivity contribution in [2.75, 3.05) is 19.6 Å². The standard InChI is InChI=1S/C28H28N2O/c31-28(29-24-17-19-30(20-24)18-16-21-8-2-1-3-9-21)27-25-12-6-4-10-22(25)14-15-23-11-5-7-13-26(23)27/h1-15,24,27H,16-20H2,(H,29,31)/t24-/m0/s1. The summed E-state index contributed by atoms with van der Waals surface area (Å²) >= 11 is 0. The summed E-state index contributed by atoms with van der Waals surface area (Å²) < 4.78 is 0. The average Bonchev–Trinajstić information content (AvgIpc) is 3.18. The van der Waals surface area contributed by atoms with E-state index in [-0.39, 0.29) is 17.9 Å². The third-order valence-corrected chi connectivity index (χ3v) is 6.50. The van der Waals surface area contributed by atoms with Gasteiger partial charge in [0, 0.05) is 25.7 Å². The molecule has 1 saturated heterocycles. The minimum absolute atomic E-state index is 0.110. The molecule has 0 radical (unpaired) electrons. The Morgan fingerprint density at radius 2 is 1.45 bits per heavy atom. The highest BCUT2D eigenvalue weighted by Crippen LogP contribution is 2.34. The topological polar surface area (TPSA) is 32.3 Å². The number of carbonyl (C=O) groups is 1. The lowest BCUT2D eigenvalue weighted by atomic mass is 9.87. The number of likely N-dealkylation sites (tertiary alicyclic amines) is 1. The van der Waals surface area contributed by atoms with Crippen molar-refractivity contribution < 1.29 is 4.79 Å². The first-order chi connectivity index (χ1) is 15.3. The van der Waals surface area contributed by atoms with Gasteiger partial charge in [0.25, 0.3) is 0 Å². The summed E-state index contributed by atoms with van der Waals surface area (Å²) in [5, 5.41) is 3.38. The lowest BCUT2D eigenvalue weighted by Crippen LogP contribution is -2.40. The van der Waals surface area contributed by atoms with E-state index in [0.29, 0.717) is 0 Å². The Morgan fingerprint density at radius 1 is 0.839 bits per heavy atom. The van der Waals surface area contributed by atoms with Crippen LogP contribution in [0.1, 0.15) is 40.2 Å². The van der Waals surface area contributed by atoms with E-state index >= 15 is 0 Å². The first-order valence-electron chi connectivity index (χ1n) is 11.2. The fourth-order valence-electron chi connectivity index (χ4n) is 4.85. The molecule has 0 spiro atoms. The van der Waals surface area contributed by atoms with E-state index in [1.165, 1.54) is 5.56 Å². The number of nitrogens with zero attached hydrogens (tertiary/aromatic N) is 1. The minimum atomic E-state index is -0.277. The number of hydrogen-bond acceptors (Lipinski definition) is 2. The van der Waals surface area contributed by atoms with Crippen molar-refractivity contribution in [1.82, 2.24) is 10.2 Å². The van der Waals surface area contributed by atoms with E-state index in [0.717, 1.165) is 54.7 Å². The zero-order valence-corrected chi connectivity index (χ0v) is 17.7. The summed E-state index contributed by atoms with van der Waals surface area (Å²) in [6, 6.07) is 27.3. The molecule has 1 N–H and O–H groups in total. The van der Waals surface area contributed by atoms with Crippen LogP contribution in [-0.4, -0.2) is 36.5 Å². The maximum absolute atomic E-state index is 13.6. The second kappa shape index (κ2) is 8.91. The van der Waals surface area contributed by atoms with Crippen molar-refractivity contribution in [2.24, 2.45) is 0 Å². The smallest absolute Gasteiger partial charge is 0.232 e. The lowest BCUT2D eigenvalue weighted by molar-refractivity contribution is -0.122. The normalized spacial score (nSPS) is 18.3. The Bertz CT molecular complexity index is 1040. The molecule has 1 amide bonds. The fraction of sp³-hybridized carbons (Fsp3) is 0.250. The van der Waals surface area contributed by atoms with E-state index in [2.05, 4.69) is 77.0 Å². The van der Waals surface area contributed by atoms with Gasteiger partial charge in [0.15, 0.2) is 0 Å². The summed E-state index contributed by atoms with van der Waals surface area (Å²) in [6.07, 6.45) is 6.32. The van der Waals surface area contributed by atoms with E-state index < -0.39 is 0 Å². The summed E-state index contributed by atoms with van der Waals surface area (Å²) in [4.78, 5) is 16.0. The molecule has 2 aliphatic rings. The second-order valence-electron chi connectivity index (χ2n) is 8.55. The monoisotopic (exact) mass is 408 g/mol. The number of carbonyl (C=O) groups excluding carboxylic acids is 1. The largest absolute Gasteiger partial charge is 0.351 e. The maximum Gasteiger partial charge on any atom is 0.232 e. The molecule has 3 heteroatoms. The average molecular weight is 409 g/mol. The minimum Gasteiger partial charge on any atom is -0.351 e. The van der Waals surface area contributed by atoms with E-state index in [1.807, 2.05) is 24.3 Å². The number of amides is 1. The molecule has 1 aliphatic heterocycles. The van der Waals surface area contributed by atoms with E-state index in [4.69, 9.17) is 0 Å². The highest BCUT2D eigenvalue weighted by atomic mass is 16.2. The Balaban J connectivity index is 1.29. The van der Waals surface area contributed by atoms with Gasteiger partial charge in [0.05, 0.1) is 5.92 Å². The summed E-state index contributed by atoms with van der Waals surface area (Å²) in [6.45, 7) is 3.00. The van der Waals surface area contributed by atoms with Crippen molar-refractivity contribution in [3.8, 4) is 0 Å². The second-order valence-corrected chi connectivity index (χ2v) is 8.55. The number of hydrogen-bond donors (Lipinski definition) is 1. The van der Waals surface area contributed by atoms with Gasteiger partial charge in [0.1, 0.15) is 0 Å². The van der Waals surface area contributed by atoms with Crippen molar-refractivity contribution in [3.63, 3.8) is 0 Å². The fourth-order valence-corrected chi connectivity index (χ4v) is 4.85. The lowest BCUT2D eigenvalue weighted by Gasteiger charge is -2.23. The van der Waals surface area contributed by atoms with Crippen molar-refractivity contribution in [2.45, 2.75) is 24.8 Å². The zero-order chi connectivity index (χ0) is 21.0. The molecule has 156 valence electrons. The molecule has 1 aliphatic carbocycles. The van der Waals surface area contributed by atoms with Crippen LogP contribution in [0.3, 0.4) is 0 Å². The molecule has 3 aromatic carbocycles. The van der Waals surface area contributed by atoms with Crippen molar-refractivity contribution in [3.05, 3.63) is 107 Å². The molecule has 5 rings (SSSR count). The van der Waals surface area contributed by atoms with Gasteiger partial charge in [-0.2, -0.15) is 0 Å². The zero-order valence-electron chi connectivity index (χ0n) is 17.7. The molecule has 3 nitrogen and oxygen atoms in total. The Kier molecular flexibility index (Phi) is 5.68. The molecular weight excluding hydrogens is 380 g/mol. The highest BCUT2D eigenvalue weighted by molar-refractivity contribution is 5.92. The van der Waals surface area contributed by atoms with Crippen molar-refractivity contribution in [1.29, 1.82) is 0 Å². The number of fused-ring (bicyclic) bond motifs is 2. The van der Waals surface area contributed by atoms with Crippen LogP contribution in [0.4, 0.5) is 0 Å². The molecule has 1 atom stereocenters. The Morgan fingerprint density at radius 3 is 2.13 bits per heavy atom. The SMILES string of the molecule is O=C(N[C@H]1CCN(CCc2ccccc2)C1)C1c2ccccc2C=Cc2ccccc21. The maximum atomic E-state index is 13.6. The third-order valence-electron chi connectivity index (χ3n) is 6.50. The summed E-state index contributed by atoms with van der Waals surface area (Å²) in [7, 11) is 0. The van der Waals surface area contributed by atoms with Gasteiger partial charge in [-0.25, -0.2) is 0 Å². The van der Waals surface area contributed by atoms with Crippen LogP contribution >= 0.6 is 0 Å². The number of nitrogens with one attached hydrogen (secondary N) is 1. The quantitative estimate of drug-likeness (QED) is 0.662. The molecule has 1 heterocycles. The van der Waals surface area contributed by atoms with Gasteiger partial charge in [-0.05, 0) is 40.7 Å². The van der Waals surface area contributed by atoms with Gasteiger partial charge >= 0.3 is 0 Å². The Hall–Kier alpha value is -3.17. The Labute approximate surface area is 184 Å². The number of rotatable bonds is 5. The van der Waals surface area contributed by atoms with Gasteiger partial charge < -0.3 is 10.2 Å². The van der Waals surface area contributed by atoms with Gasteiger partial charge in [-0.1, -0.05) is 91.0 Å². The third kappa shape index (κ3) is 4.33. The molecule has 0 bridgehead atoms. The first-order valence-corrected chi connectivity index (χ1v) is 11.2. The molecule has 0 unspecified atom stereocenters. The highest BCUT2D eigenvalue weighted by Gasteiger charge is 2.31. The van der Waals surface area contributed by atoms with Gasteiger partial charge in [-0.15, -0.1) is 0 Å². The molecule has 0 aromatic heterocycles. The molecular formula is C28H28N2O. The predicted octanol–water partition coefficient (Wildman–Crippen LogP) is 4.74. The predicted molar refractivity (Wildman–Crippen MR) is 127 cm³/mol.